The van der Waals surface area contributed by atoms with Crippen LogP contribution in [-0.2, 0) is 0 Å². The Bertz CT molecular complexity index is 206. The number of nitrogens with zero attached hydrogens (tertiary/aromatic N) is 2. The second-order valence-corrected chi connectivity index (χ2v) is 3.36. The van der Waals surface area contributed by atoms with E-state index < -0.39 is 12.6 Å². The number of nitrogens with two attached hydrogens (primary N) is 1. The molecule has 0 saturated heterocycles. The quantitative estimate of drug-likeness (QED) is 0.312. The SMILES string of the molecule is CN(CCCC(N)=NO)CCC(F)(F)F. The van der Waals surface area contributed by atoms with Crippen LogP contribution in [0.25, 0.3) is 0 Å². The Morgan fingerprint density at radius 2 is 2.00 bits per heavy atom. The van der Waals surface area contributed by atoms with E-state index in [4.69, 9.17) is 10.9 Å². The van der Waals surface area contributed by atoms with Crippen molar-refractivity contribution >= 4 is 5.84 Å². The van der Waals surface area contributed by atoms with Gasteiger partial charge in [0, 0.05) is 13.0 Å². The Balaban J connectivity index is 3.54. The van der Waals surface area contributed by atoms with Crippen LogP contribution in [0.4, 0.5) is 13.2 Å². The molecular formula is C8H16F3N3O. The molecule has 0 aliphatic carbocycles. The maximum Gasteiger partial charge on any atom is 0.390 e. The van der Waals surface area contributed by atoms with E-state index in [-0.39, 0.29) is 12.4 Å². The highest BCUT2D eigenvalue weighted by Crippen LogP contribution is 2.19. The van der Waals surface area contributed by atoms with Gasteiger partial charge < -0.3 is 15.8 Å². The molecule has 0 aromatic rings. The minimum absolute atomic E-state index is 0.0281. The van der Waals surface area contributed by atoms with Gasteiger partial charge in [-0.3, -0.25) is 0 Å². The summed E-state index contributed by atoms with van der Waals surface area (Å²) < 4.78 is 35.5. The number of halogens is 3. The Labute approximate surface area is 86.5 Å². The third-order valence-electron chi connectivity index (χ3n) is 1.88. The van der Waals surface area contributed by atoms with E-state index >= 15 is 0 Å². The summed E-state index contributed by atoms with van der Waals surface area (Å²) in [6.07, 6.45) is -3.97. The molecule has 3 N–H and O–H groups in total. The molecule has 0 unspecified atom stereocenters. The zero-order chi connectivity index (χ0) is 11.9. The lowest BCUT2D eigenvalue weighted by atomic mass is 10.2. The lowest BCUT2D eigenvalue weighted by molar-refractivity contribution is -0.137. The fourth-order valence-corrected chi connectivity index (χ4v) is 1.01. The summed E-state index contributed by atoms with van der Waals surface area (Å²) in [5.74, 6) is 0.0965. The van der Waals surface area contributed by atoms with Crippen LogP contribution in [0.2, 0.25) is 0 Å². The highest BCUT2D eigenvalue weighted by atomic mass is 19.4. The summed E-state index contributed by atoms with van der Waals surface area (Å²) in [5.41, 5.74) is 5.20. The van der Waals surface area contributed by atoms with Crippen LogP contribution >= 0.6 is 0 Å². The fourth-order valence-electron chi connectivity index (χ4n) is 1.01. The minimum atomic E-state index is -4.11. The first-order chi connectivity index (χ1) is 6.85. The Kier molecular flexibility index (Phi) is 6.07. The molecule has 0 spiro atoms. The molecule has 0 heterocycles. The molecular weight excluding hydrogens is 211 g/mol. The summed E-state index contributed by atoms with van der Waals surface area (Å²) in [5, 5.41) is 11.0. The number of alkyl halides is 3. The minimum Gasteiger partial charge on any atom is -0.409 e. The molecule has 0 aromatic carbocycles. The molecule has 0 saturated carbocycles. The van der Waals surface area contributed by atoms with Gasteiger partial charge in [-0.15, -0.1) is 0 Å². The van der Waals surface area contributed by atoms with Crippen LogP contribution in [-0.4, -0.2) is 42.3 Å². The predicted octanol–water partition coefficient (Wildman–Crippen LogP) is 1.40. The highest BCUT2D eigenvalue weighted by Gasteiger charge is 2.26. The van der Waals surface area contributed by atoms with Gasteiger partial charge in [-0.25, -0.2) is 0 Å². The normalized spacial score (nSPS) is 13.5. The zero-order valence-electron chi connectivity index (χ0n) is 8.59. The zero-order valence-corrected chi connectivity index (χ0v) is 8.59. The van der Waals surface area contributed by atoms with Crippen molar-refractivity contribution in [3.63, 3.8) is 0 Å². The van der Waals surface area contributed by atoms with Crippen molar-refractivity contribution in [1.29, 1.82) is 0 Å². The molecule has 0 bridgehead atoms. The van der Waals surface area contributed by atoms with E-state index in [1.165, 1.54) is 0 Å². The van der Waals surface area contributed by atoms with Crippen LogP contribution < -0.4 is 5.73 Å². The van der Waals surface area contributed by atoms with Crippen LogP contribution in [0.15, 0.2) is 5.16 Å². The average molecular weight is 227 g/mol. The summed E-state index contributed by atoms with van der Waals surface area (Å²) in [4.78, 5) is 1.57. The second kappa shape index (κ2) is 6.49. The van der Waals surface area contributed by atoms with Crippen molar-refractivity contribution in [3.05, 3.63) is 0 Å². The molecule has 0 radical (unpaired) electrons. The molecule has 0 rings (SSSR count). The first kappa shape index (κ1) is 14.0. The lowest BCUT2D eigenvalue weighted by Crippen LogP contribution is -2.26. The van der Waals surface area contributed by atoms with Crippen LogP contribution in [0.1, 0.15) is 19.3 Å². The smallest absolute Gasteiger partial charge is 0.390 e. The van der Waals surface area contributed by atoms with Gasteiger partial charge in [-0.1, -0.05) is 5.16 Å². The summed E-state index contributed by atoms with van der Waals surface area (Å²) in [6, 6.07) is 0. The van der Waals surface area contributed by atoms with Gasteiger partial charge in [0.25, 0.3) is 0 Å². The van der Waals surface area contributed by atoms with E-state index in [1.54, 1.807) is 11.9 Å². The van der Waals surface area contributed by atoms with Crippen LogP contribution in [0.3, 0.4) is 0 Å². The van der Waals surface area contributed by atoms with Gasteiger partial charge in [-0.05, 0) is 20.0 Å². The first-order valence-electron chi connectivity index (χ1n) is 4.57. The van der Waals surface area contributed by atoms with E-state index in [1.807, 2.05) is 0 Å². The van der Waals surface area contributed by atoms with Crippen molar-refractivity contribution < 1.29 is 18.4 Å². The molecule has 90 valence electrons. The maximum absolute atomic E-state index is 11.8. The van der Waals surface area contributed by atoms with Gasteiger partial charge in [0.15, 0.2) is 0 Å². The van der Waals surface area contributed by atoms with E-state index in [0.717, 1.165) is 0 Å². The molecule has 0 amide bonds. The maximum atomic E-state index is 11.8. The monoisotopic (exact) mass is 227 g/mol. The molecule has 0 atom stereocenters. The third-order valence-corrected chi connectivity index (χ3v) is 1.88. The predicted molar refractivity (Wildman–Crippen MR) is 50.8 cm³/mol. The number of amidine groups is 1. The Morgan fingerprint density at radius 1 is 1.40 bits per heavy atom. The average Bonchev–Trinajstić information content (AvgIpc) is 2.13. The molecule has 0 aliphatic heterocycles. The van der Waals surface area contributed by atoms with Crippen molar-refractivity contribution in [3.8, 4) is 0 Å². The summed E-state index contributed by atoms with van der Waals surface area (Å²) in [7, 11) is 1.61. The molecule has 0 aromatic heterocycles. The lowest BCUT2D eigenvalue weighted by Gasteiger charge is -2.17. The van der Waals surface area contributed by atoms with E-state index in [0.29, 0.717) is 19.4 Å². The number of hydrogen-bond acceptors (Lipinski definition) is 3. The summed E-state index contributed by atoms with van der Waals surface area (Å²) >= 11 is 0. The van der Waals surface area contributed by atoms with Crippen molar-refractivity contribution in [2.75, 3.05) is 20.1 Å². The van der Waals surface area contributed by atoms with Gasteiger partial charge in [-0.2, -0.15) is 13.2 Å². The fraction of sp³-hybridized carbons (Fsp3) is 0.875. The second-order valence-electron chi connectivity index (χ2n) is 3.36. The van der Waals surface area contributed by atoms with Crippen molar-refractivity contribution in [2.24, 2.45) is 10.9 Å². The first-order valence-corrected chi connectivity index (χ1v) is 4.57. The number of rotatable bonds is 6. The number of oxime groups is 1. The standard InChI is InChI=1S/C8H16F3N3O/c1-14(6-4-8(9,10)11)5-2-3-7(12)13-15/h15H,2-6H2,1H3,(H2,12,13). The number of hydrogen-bond donors (Lipinski definition) is 2. The van der Waals surface area contributed by atoms with Crippen molar-refractivity contribution in [2.45, 2.75) is 25.4 Å². The largest absolute Gasteiger partial charge is 0.409 e. The summed E-state index contributed by atoms with van der Waals surface area (Å²) in [6.45, 7) is 0.464. The van der Waals surface area contributed by atoms with Gasteiger partial charge in [0.05, 0.1) is 6.42 Å². The molecule has 7 heteroatoms. The molecule has 15 heavy (non-hydrogen) atoms. The molecule has 0 aliphatic rings. The van der Waals surface area contributed by atoms with Crippen molar-refractivity contribution in [1.82, 2.24) is 4.90 Å². The van der Waals surface area contributed by atoms with Gasteiger partial charge in [0.2, 0.25) is 0 Å². The Morgan fingerprint density at radius 3 is 2.47 bits per heavy atom. The van der Waals surface area contributed by atoms with E-state index in [9.17, 15) is 13.2 Å². The Hall–Kier alpha value is -0.980. The topological polar surface area (TPSA) is 61.8 Å². The van der Waals surface area contributed by atoms with Crippen LogP contribution in [0.5, 0.6) is 0 Å². The van der Waals surface area contributed by atoms with E-state index in [2.05, 4.69) is 5.16 Å². The third kappa shape index (κ3) is 9.33. The highest BCUT2D eigenvalue weighted by molar-refractivity contribution is 5.79. The molecule has 4 nitrogen and oxygen atoms in total. The van der Waals surface area contributed by atoms with Gasteiger partial charge in [0.1, 0.15) is 5.84 Å². The molecule has 0 fully saturated rings. The van der Waals surface area contributed by atoms with Gasteiger partial charge >= 0.3 is 6.18 Å². The van der Waals surface area contributed by atoms with Crippen LogP contribution in [0, 0.1) is 0 Å².